The fourth-order valence-corrected chi connectivity index (χ4v) is 2.01. The van der Waals surface area contributed by atoms with Crippen molar-refractivity contribution < 1.29 is 9.53 Å². The summed E-state index contributed by atoms with van der Waals surface area (Å²) < 4.78 is 5.08. The highest BCUT2D eigenvalue weighted by atomic mass is 35.5. The number of hydrogen-bond donors (Lipinski definition) is 2. The van der Waals surface area contributed by atoms with E-state index in [1.807, 2.05) is 24.3 Å². The van der Waals surface area contributed by atoms with E-state index >= 15 is 0 Å². The highest BCUT2D eigenvalue weighted by Gasteiger charge is 2.15. The first kappa shape index (κ1) is 19.4. The highest BCUT2D eigenvalue weighted by Crippen LogP contribution is 2.18. The molecule has 1 heterocycles. The van der Waals surface area contributed by atoms with Crippen molar-refractivity contribution in [1.29, 1.82) is 0 Å². The number of nitrogens with one attached hydrogen (secondary N) is 2. The minimum atomic E-state index is -0.621. The number of anilines is 2. The third-order valence-electron chi connectivity index (χ3n) is 2.93. The number of halogens is 1. The van der Waals surface area contributed by atoms with E-state index in [0.29, 0.717) is 11.4 Å². The largest absolute Gasteiger partial charge is 0.443 e. The lowest BCUT2D eigenvalue weighted by Crippen LogP contribution is -2.29. The van der Waals surface area contributed by atoms with Crippen molar-refractivity contribution in [1.82, 2.24) is 15.4 Å². The lowest BCUT2D eigenvalue weighted by Gasteiger charge is -2.18. The van der Waals surface area contributed by atoms with Gasteiger partial charge in [0.25, 0.3) is 0 Å². The summed E-state index contributed by atoms with van der Waals surface area (Å²) in [7, 11) is 0. The Morgan fingerprint density at radius 3 is 2.58 bits per heavy atom. The molecule has 2 rings (SSSR count). The molecule has 0 atom stereocenters. The molecule has 7 nitrogen and oxygen atoms in total. The number of carbonyl (C=O) groups is 1. The van der Waals surface area contributed by atoms with E-state index in [4.69, 9.17) is 16.3 Å². The molecule has 0 saturated heterocycles. The zero-order chi connectivity index (χ0) is 19.2. The van der Waals surface area contributed by atoms with Crippen molar-refractivity contribution in [3.05, 3.63) is 54.0 Å². The van der Waals surface area contributed by atoms with Gasteiger partial charge < -0.3 is 10.1 Å². The van der Waals surface area contributed by atoms with Gasteiger partial charge in [-0.15, -0.1) is 0 Å². The van der Waals surface area contributed by atoms with Crippen molar-refractivity contribution >= 4 is 41.0 Å². The van der Waals surface area contributed by atoms with Gasteiger partial charge in [0.1, 0.15) is 11.4 Å². The number of amides is 1. The second-order valence-corrected chi connectivity index (χ2v) is 6.65. The first-order valence-corrected chi connectivity index (χ1v) is 8.18. The quantitative estimate of drug-likeness (QED) is 0.460. The highest BCUT2D eigenvalue weighted by molar-refractivity contribution is 6.28. The summed E-state index contributed by atoms with van der Waals surface area (Å²) in [5.41, 5.74) is 4.04. The zero-order valence-corrected chi connectivity index (χ0v) is 15.5. The van der Waals surface area contributed by atoms with Crippen LogP contribution in [0.3, 0.4) is 0 Å². The van der Waals surface area contributed by atoms with Crippen LogP contribution < -0.4 is 10.7 Å². The second kappa shape index (κ2) is 8.44. The molecule has 0 fully saturated rings. The first-order chi connectivity index (χ1) is 12.2. The maximum absolute atomic E-state index is 11.5. The van der Waals surface area contributed by atoms with E-state index in [-0.39, 0.29) is 5.28 Å². The van der Waals surface area contributed by atoms with Crippen LogP contribution in [0.15, 0.2) is 48.2 Å². The monoisotopic (exact) mass is 373 g/mol. The van der Waals surface area contributed by atoms with Gasteiger partial charge in [-0.05, 0) is 61.7 Å². The molecule has 26 heavy (non-hydrogen) atoms. The Labute approximate surface area is 157 Å². The summed E-state index contributed by atoms with van der Waals surface area (Å²) >= 11 is 5.76. The van der Waals surface area contributed by atoms with Crippen molar-refractivity contribution in [3.63, 3.8) is 0 Å². The van der Waals surface area contributed by atoms with E-state index in [1.54, 1.807) is 33.0 Å². The van der Waals surface area contributed by atoms with Crippen LogP contribution in [0, 0.1) is 0 Å². The Bertz CT molecular complexity index is 813. The number of benzene rings is 1. The van der Waals surface area contributed by atoms with Crippen LogP contribution in [-0.4, -0.2) is 27.9 Å². The molecule has 0 unspecified atom stereocenters. The van der Waals surface area contributed by atoms with Crippen LogP contribution in [-0.2, 0) is 4.74 Å². The minimum absolute atomic E-state index is 0.175. The number of allylic oxidation sites excluding steroid dienone is 1. The van der Waals surface area contributed by atoms with Crippen molar-refractivity contribution in [3.8, 4) is 0 Å². The van der Waals surface area contributed by atoms with Crippen LogP contribution >= 0.6 is 11.6 Å². The van der Waals surface area contributed by atoms with E-state index in [1.165, 1.54) is 6.21 Å². The van der Waals surface area contributed by atoms with Crippen molar-refractivity contribution in [2.24, 2.45) is 5.10 Å². The van der Waals surface area contributed by atoms with E-state index in [2.05, 4.69) is 32.4 Å². The zero-order valence-electron chi connectivity index (χ0n) is 14.8. The normalized spacial score (nSPS) is 11.2. The molecule has 0 aliphatic carbocycles. The Morgan fingerprint density at radius 1 is 1.27 bits per heavy atom. The Hall–Kier alpha value is -2.93. The van der Waals surface area contributed by atoms with Gasteiger partial charge in [0, 0.05) is 11.9 Å². The third-order valence-corrected chi connectivity index (χ3v) is 3.11. The standard InChI is InChI=1S/C18H20ClN5O2/c1-12(11-21-24-17(25)26-18(2,3)4)13-5-7-14(8-6-13)22-15-9-10-20-16(19)23-15/h5-11H,1H2,2-4H3,(H,24,25)(H,20,22,23)/b21-11-. The summed E-state index contributed by atoms with van der Waals surface area (Å²) in [5.74, 6) is 0.597. The maximum Gasteiger partial charge on any atom is 0.428 e. The Morgan fingerprint density at radius 2 is 1.96 bits per heavy atom. The minimum Gasteiger partial charge on any atom is -0.443 e. The van der Waals surface area contributed by atoms with Crippen molar-refractivity contribution in [2.45, 2.75) is 26.4 Å². The molecule has 2 aromatic rings. The lowest BCUT2D eigenvalue weighted by molar-refractivity contribution is 0.0530. The molecule has 0 bridgehead atoms. The van der Waals surface area contributed by atoms with Gasteiger partial charge in [-0.1, -0.05) is 18.7 Å². The number of rotatable bonds is 5. The number of aromatic nitrogens is 2. The Kier molecular flexibility index (Phi) is 6.30. The molecule has 0 spiro atoms. The third kappa shape index (κ3) is 6.52. The molecule has 136 valence electrons. The molecule has 1 aromatic heterocycles. The summed E-state index contributed by atoms with van der Waals surface area (Å²) in [6, 6.07) is 9.19. The molecule has 2 N–H and O–H groups in total. The number of carbonyl (C=O) groups excluding carboxylic acids is 1. The molecule has 1 aromatic carbocycles. The molecule has 0 saturated carbocycles. The lowest BCUT2D eigenvalue weighted by atomic mass is 10.1. The van der Waals surface area contributed by atoms with Gasteiger partial charge >= 0.3 is 6.09 Å². The van der Waals surface area contributed by atoms with Gasteiger partial charge in [0.2, 0.25) is 5.28 Å². The van der Waals surface area contributed by atoms with E-state index in [0.717, 1.165) is 11.3 Å². The topological polar surface area (TPSA) is 88.5 Å². The predicted molar refractivity (Wildman–Crippen MR) is 104 cm³/mol. The fourth-order valence-electron chi connectivity index (χ4n) is 1.86. The van der Waals surface area contributed by atoms with Crippen LogP contribution in [0.4, 0.5) is 16.3 Å². The predicted octanol–water partition coefficient (Wildman–Crippen LogP) is 4.40. The molecule has 0 radical (unpaired) electrons. The number of hydrogen-bond acceptors (Lipinski definition) is 6. The SMILES string of the molecule is C=C(/C=N\NC(=O)OC(C)(C)C)c1ccc(Nc2ccnc(Cl)n2)cc1. The number of ether oxygens (including phenoxy) is 1. The van der Waals surface area contributed by atoms with Crippen LogP contribution in [0.2, 0.25) is 5.28 Å². The molecular formula is C18H20ClN5O2. The van der Waals surface area contributed by atoms with Gasteiger partial charge in [-0.3, -0.25) is 0 Å². The maximum atomic E-state index is 11.5. The van der Waals surface area contributed by atoms with Crippen LogP contribution in [0.25, 0.3) is 5.57 Å². The first-order valence-electron chi connectivity index (χ1n) is 7.80. The fraction of sp³-hybridized carbons (Fsp3) is 0.222. The van der Waals surface area contributed by atoms with Gasteiger partial charge in [-0.25, -0.2) is 20.2 Å². The van der Waals surface area contributed by atoms with Crippen molar-refractivity contribution in [2.75, 3.05) is 5.32 Å². The van der Waals surface area contributed by atoms with E-state index < -0.39 is 11.7 Å². The molecule has 1 amide bonds. The summed E-state index contributed by atoms with van der Waals surface area (Å²) in [4.78, 5) is 19.4. The van der Waals surface area contributed by atoms with Crippen LogP contribution in [0.5, 0.6) is 0 Å². The number of nitrogens with zero attached hydrogens (tertiary/aromatic N) is 3. The van der Waals surface area contributed by atoms with Gasteiger partial charge in [0.15, 0.2) is 0 Å². The van der Waals surface area contributed by atoms with Gasteiger partial charge in [-0.2, -0.15) is 5.10 Å². The Balaban J connectivity index is 1.92. The molecule has 0 aliphatic heterocycles. The summed E-state index contributed by atoms with van der Waals surface area (Å²) in [5, 5.41) is 7.13. The average molecular weight is 374 g/mol. The number of hydrazone groups is 1. The smallest absolute Gasteiger partial charge is 0.428 e. The van der Waals surface area contributed by atoms with Gasteiger partial charge in [0.05, 0.1) is 6.21 Å². The average Bonchev–Trinajstić information content (AvgIpc) is 2.53. The molecule has 0 aliphatic rings. The van der Waals surface area contributed by atoms with E-state index in [9.17, 15) is 4.79 Å². The molecule has 8 heteroatoms. The summed E-state index contributed by atoms with van der Waals surface area (Å²) in [6.45, 7) is 9.26. The summed E-state index contributed by atoms with van der Waals surface area (Å²) in [6.07, 6.45) is 2.41. The molecular weight excluding hydrogens is 354 g/mol. The van der Waals surface area contributed by atoms with Crippen LogP contribution in [0.1, 0.15) is 26.3 Å². The second-order valence-electron chi connectivity index (χ2n) is 6.31.